The SMILES string of the molecule is Cc1sc(N2CCOCC2)nc1CBr. The number of thiazole rings is 1. The third kappa shape index (κ3) is 2.10. The zero-order chi connectivity index (χ0) is 9.97. The fourth-order valence-electron chi connectivity index (χ4n) is 1.43. The summed E-state index contributed by atoms with van der Waals surface area (Å²) in [4.78, 5) is 8.20. The molecule has 2 heterocycles. The van der Waals surface area contributed by atoms with E-state index < -0.39 is 0 Å². The van der Waals surface area contributed by atoms with Crippen molar-refractivity contribution < 1.29 is 4.74 Å². The van der Waals surface area contributed by atoms with Crippen molar-refractivity contribution in [1.82, 2.24) is 4.98 Å². The van der Waals surface area contributed by atoms with Crippen molar-refractivity contribution in [2.45, 2.75) is 12.3 Å². The van der Waals surface area contributed by atoms with E-state index in [0.717, 1.165) is 42.5 Å². The first-order chi connectivity index (χ1) is 6.81. The predicted octanol–water partition coefficient (Wildman–Crippen LogP) is 2.18. The van der Waals surface area contributed by atoms with Gasteiger partial charge in [-0.3, -0.25) is 0 Å². The average Bonchev–Trinajstić information content (AvgIpc) is 2.61. The van der Waals surface area contributed by atoms with E-state index in [1.165, 1.54) is 4.88 Å². The van der Waals surface area contributed by atoms with Crippen LogP contribution in [0.15, 0.2) is 0 Å². The Morgan fingerprint density at radius 2 is 2.21 bits per heavy atom. The molecule has 0 atom stereocenters. The molecule has 0 amide bonds. The second kappa shape index (κ2) is 4.59. The molecule has 1 aromatic rings. The lowest BCUT2D eigenvalue weighted by Crippen LogP contribution is -2.36. The number of halogens is 1. The highest BCUT2D eigenvalue weighted by Gasteiger charge is 2.15. The highest BCUT2D eigenvalue weighted by atomic mass is 79.9. The minimum absolute atomic E-state index is 0.822. The van der Waals surface area contributed by atoms with Crippen molar-refractivity contribution in [2.75, 3.05) is 31.2 Å². The monoisotopic (exact) mass is 276 g/mol. The third-order valence-electron chi connectivity index (χ3n) is 2.29. The highest BCUT2D eigenvalue weighted by molar-refractivity contribution is 9.08. The molecule has 0 aromatic carbocycles. The van der Waals surface area contributed by atoms with Crippen LogP contribution in [0.4, 0.5) is 5.13 Å². The standard InChI is InChI=1S/C9H13BrN2OS/c1-7-8(6-10)11-9(14-7)12-2-4-13-5-3-12/h2-6H2,1H3. The molecule has 0 aliphatic carbocycles. The number of nitrogens with zero attached hydrogens (tertiary/aromatic N) is 2. The van der Waals surface area contributed by atoms with Gasteiger partial charge in [-0.1, -0.05) is 15.9 Å². The topological polar surface area (TPSA) is 25.4 Å². The summed E-state index contributed by atoms with van der Waals surface area (Å²) in [7, 11) is 0. The molecule has 14 heavy (non-hydrogen) atoms. The van der Waals surface area contributed by atoms with Crippen LogP contribution in [0.3, 0.4) is 0 Å². The minimum Gasteiger partial charge on any atom is -0.378 e. The van der Waals surface area contributed by atoms with Gasteiger partial charge in [0.05, 0.1) is 18.9 Å². The summed E-state index contributed by atoms with van der Waals surface area (Å²) in [6.07, 6.45) is 0. The first kappa shape index (κ1) is 10.4. The van der Waals surface area contributed by atoms with Gasteiger partial charge >= 0.3 is 0 Å². The summed E-state index contributed by atoms with van der Waals surface area (Å²) in [5, 5.41) is 1.99. The van der Waals surface area contributed by atoms with E-state index in [9.17, 15) is 0 Å². The lowest BCUT2D eigenvalue weighted by Gasteiger charge is -2.26. The number of aryl methyl sites for hydroxylation is 1. The Morgan fingerprint density at radius 1 is 1.50 bits per heavy atom. The second-order valence-corrected chi connectivity index (χ2v) is 4.97. The van der Waals surface area contributed by atoms with Gasteiger partial charge in [-0.05, 0) is 6.92 Å². The maximum Gasteiger partial charge on any atom is 0.185 e. The van der Waals surface area contributed by atoms with Gasteiger partial charge < -0.3 is 9.64 Å². The number of aromatic nitrogens is 1. The molecule has 0 saturated carbocycles. The number of anilines is 1. The van der Waals surface area contributed by atoms with Gasteiger partial charge in [0.25, 0.3) is 0 Å². The lowest BCUT2D eigenvalue weighted by atomic mass is 10.4. The Bertz CT molecular complexity index is 310. The fraction of sp³-hybridized carbons (Fsp3) is 0.667. The first-order valence-electron chi connectivity index (χ1n) is 4.66. The average molecular weight is 277 g/mol. The van der Waals surface area contributed by atoms with Crippen molar-refractivity contribution in [1.29, 1.82) is 0 Å². The number of morpholine rings is 1. The first-order valence-corrected chi connectivity index (χ1v) is 6.60. The summed E-state index contributed by atoms with van der Waals surface area (Å²) in [6.45, 7) is 5.70. The molecule has 0 unspecified atom stereocenters. The van der Waals surface area contributed by atoms with Crippen LogP contribution in [0.2, 0.25) is 0 Å². The van der Waals surface area contributed by atoms with E-state index in [2.05, 4.69) is 32.7 Å². The largest absolute Gasteiger partial charge is 0.378 e. The Hall–Kier alpha value is -0.130. The molecule has 5 heteroatoms. The number of rotatable bonds is 2. The number of ether oxygens (including phenoxy) is 1. The van der Waals surface area contributed by atoms with E-state index >= 15 is 0 Å². The molecule has 2 rings (SSSR count). The van der Waals surface area contributed by atoms with Crippen molar-refractivity contribution in [3.8, 4) is 0 Å². The van der Waals surface area contributed by atoms with Crippen LogP contribution >= 0.6 is 27.3 Å². The molecule has 1 aliphatic heterocycles. The van der Waals surface area contributed by atoms with Gasteiger partial charge in [-0.2, -0.15) is 0 Å². The molecule has 1 aliphatic rings. The minimum atomic E-state index is 0.822. The van der Waals surface area contributed by atoms with Gasteiger partial charge in [0.1, 0.15) is 0 Å². The van der Waals surface area contributed by atoms with Crippen molar-refractivity contribution in [2.24, 2.45) is 0 Å². The van der Waals surface area contributed by atoms with Gasteiger partial charge in [0, 0.05) is 23.3 Å². The van der Waals surface area contributed by atoms with Crippen LogP contribution < -0.4 is 4.90 Å². The van der Waals surface area contributed by atoms with Crippen LogP contribution in [-0.2, 0) is 10.1 Å². The van der Waals surface area contributed by atoms with Gasteiger partial charge in [-0.25, -0.2) is 4.98 Å². The molecule has 0 N–H and O–H groups in total. The van der Waals surface area contributed by atoms with E-state index in [0.29, 0.717) is 0 Å². The van der Waals surface area contributed by atoms with E-state index in [4.69, 9.17) is 4.74 Å². The maximum atomic E-state index is 5.31. The van der Waals surface area contributed by atoms with Gasteiger partial charge in [0.15, 0.2) is 5.13 Å². The van der Waals surface area contributed by atoms with Crippen LogP contribution in [0.25, 0.3) is 0 Å². The molecule has 1 aromatic heterocycles. The Balaban J connectivity index is 2.14. The second-order valence-electron chi connectivity index (χ2n) is 3.23. The Labute approximate surface area is 96.2 Å². The normalized spacial score (nSPS) is 17.4. The number of alkyl halides is 1. The molecule has 1 fully saturated rings. The van der Waals surface area contributed by atoms with E-state index in [1.54, 1.807) is 11.3 Å². The predicted molar refractivity (Wildman–Crippen MR) is 62.5 cm³/mol. The summed E-state index contributed by atoms with van der Waals surface area (Å²) >= 11 is 5.22. The Kier molecular flexibility index (Phi) is 3.41. The number of hydrogen-bond donors (Lipinski definition) is 0. The quantitative estimate of drug-likeness (QED) is 0.775. The van der Waals surface area contributed by atoms with Crippen LogP contribution in [0.5, 0.6) is 0 Å². The summed E-state index contributed by atoms with van der Waals surface area (Å²) in [6, 6.07) is 0. The molecule has 78 valence electrons. The fourth-order valence-corrected chi connectivity index (χ4v) is 3.14. The van der Waals surface area contributed by atoms with Gasteiger partial charge in [0.2, 0.25) is 0 Å². The lowest BCUT2D eigenvalue weighted by molar-refractivity contribution is 0.122. The van der Waals surface area contributed by atoms with Crippen molar-refractivity contribution in [3.05, 3.63) is 10.6 Å². The van der Waals surface area contributed by atoms with E-state index in [1.807, 2.05) is 0 Å². The molecule has 1 saturated heterocycles. The molecular formula is C9H13BrN2OS. The highest BCUT2D eigenvalue weighted by Crippen LogP contribution is 2.27. The summed E-state index contributed by atoms with van der Waals surface area (Å²) < 4.78 is 5.31. The van der Waals surface area contributed by atoms with Crippen molar-refractivity contribution >= 4 is 32.4 Å². The van der Waals surface area contributed by atoms with E-state index in [-0.39, 0.29) is 0 Å². The zero-order valence-corrected chi connectivity index (χ0v) is 10.5. The smallest absolute Gasteiger partial charge is 0.185 e. The molecule has 0 spiro atoms. The Morgan fingerprint density at radius 3 is 2.79 bits per heavy atom. The van der Waals surface area contributed by atoms with Crippen LogP contribution in [-0.4, -0.2) is 31.3 Å². The summed E-state index contributed by atoms with van der Waals surface area (Å²) in [5.41, 5.74) is 1.16. The van der Waals surface area contributed by atoms with Gasteiger partial charge in [-0.15, -0.1) is 11.3 Å². The summed E-state index contributed by atoms with van der Waals surface area (Å²) in [5.74, 6) is 0. The maximum absolute atomic E-state index is 5.31. The van der Waals surface area contributed by atoms with Crippen LogP contribution in [0, 0.1) is 6.92 Å². The zero-order valence-electron chi connectivity index (χ0n) is 8.12. The molecule has 0 bridgehead atoms. The molecule has 0 radical (unpaired) electrons. The van der Waals surface area contributed by atoms with Crippen molar-refractivity contribution in [3.63, 3.8) is 0 Å². The van der Waals surface area contributed by atoms with Crippen LogP contribution in [0.1, 0.15) is 10.6 Å². The molecule has 3 nitrogen and oxygen atoms in total. The number of hydrogen-bond acceptors (Lipinski definition) is 4. The third-order valence-corrected chi connectivity index (χ3v) is 3.89. The molecular weight excluding hydrogens is 264 g/mol.